The van der Waals surface area contributed by atoms with Crippen molar-refractivity contribution in [3.8, 4) is 11.3 Å². The van der Waals surface area contributed by atoms with Gasteiger partial charge in [-0.25, -0.2) is 9.78 Å². The topological polar surface area (TPSA) is 73.7 Å². The minimum Gasteiger partial charge on any atom is -0.465 e. The smallest absolute Gasteiger partial charge is 0.407 e. The van der Waals surface area contributed by atoms with Gasteiger partial charge in [0, 0.05) is 42.2 Å². The summed E-state index contributed by atoms with van der Waals surface area (Å²) in [7, 11) is 0. The van der Waals surface area contributed by atoms with Crippen molar-refractivity contribution < 1.29 is 14.7 Å². The second kappa shape index (κ2) is 7.72. The first-order valence-corrected chi connectivity index (χ1v) is 9.76. The van der Waals surface area contributed by atoms with Gasteiger partial charge in [-0.2, -0.15) is 0 Å². The number of rotatable bonds is 2. The highest BCUT2D eigenvalue weighted by atomic mass is 35.5. The first-order chi connectivity index (χ1) is 13.9. The molecule has 0 radical (unpaired) electrons. The monoisotopic (exact) mass is 409 g/mol. The van der Waals surface area contributed by atoms with Gasteiger partial charge in [0.15, 0.2) is 0 Å². The molecule has 1 aromatic heterocycles. The van der Waals surface area contributed by atoms with Crippen LogP contribution in [-0.2, 0) is 0 Å². The minimum absolute atomic E-state index is 0.133. The number of piperazine rings is 1. The van der Waals surface area contributed by atoms with Gasteiger partial charge in [0.1, 0.15) is 0 Å². The van der Waals surface area contributed by atoms with Gasteiger partial charge in [-0.1, -0.05) is 48.0 Å². The van der Waals surface area contributed by atoms with E-state index in [2.05, 4.69) is 0 Å². The average Bonchev–Trinajstić information content (AvgIpc) is 2.73. The van der Waals surface area contributed by atoms with Gasteiger partial charge in [-0.05, 0) is 25.1 Å². The first kappa shape index (κ1) is 19.2. The van der Waals surface area contributed by atoms with E-state index in [-0.39, 0.29) is 11.9 Å². The van der Waals surface area contributed by atoms with Crippen LogP contribution in [0.3, 0.4) is 0 Å². The fourth-order valence-electron chi connectivity index (χ4n) is 3.68. The number of benzene rings is 2. The average molecular weight is 410 g/mol. The number of carbonyl (C=O) groups excluding carboxylic acids is 1. The quantitative estimate of drug-likeness (QED) is 0.681. The Hall–Kier alpha value is -3.12. The molecule has 1 aliphatic heterocycles. The van der Waals surface area contributed by atoms with Gasteiger partial charge in [-0.3, -0.25) is 4.79 Å². The Bertz CT molecular complexity index is 1090. The SMILES string of the molecule is C[C@H]1CN(C(=O)c2ccc3c(Cl)cc(-c4ccccc4)nc3c2)CCN1C(=O)O. The summed E-state index contributed by atoms with van der Waals surface area (Å²) in [6, 6.07) is 16.6. The molecule has 1 atom stereocenters. The number of amides is 2. The van der Waals surface area contributed by atoms with E-state index in [0.717, 1.165) is 16.6 Å². The number of aromatic nitrogens is 1. The number of hydrogen-bond acceptors (Lipinski definition) is 3. The van der Waals surface area contributed by atoms with Gasteiger partial charge >= 0.3 is 6.09 Å². The predicted octanol–water partition coefficient (Wildman–Crippen LogP) is 4.38. The molecular formula is C22H20ClN3O3. The number of nitrogens with zero attached hydrogens (tertiary/aromatic N) is 3. The van der Waals surface area contributed by atoms with Gasteiger partial charge in [-0.15, -0.1) is 0 Å². The Kier molecular flexibility index (Phi) is 5.11. The maximum Gasteiger partial charge on any atom is 0.407 e. The van der Waals surface area contributed by atoms with E-state index in [9.17, 15) is 14.7 Å². The Balaban J connectivity index is 1.65. The zero-order valence-corrected chi connectivity index (χ0v) is 16.6. The summed E-state index contributed by atoms with van der Waals surface area (Å²) in [6.45, 7) is 2.84. The molecule has 1 saturated heterocycles. The van der Waals surface area contributed by atoms with Crippen molar-refractivity contribution >= 4 is 34.5 Å². The summed E-state index contributed by atoms with van der Waals surface area (Å²) in [5.41, 5.74) is 2.87. The van der Waals surface area contributed by atoms with E-state index in [1.165, 1.54) is 4.90 Å². The summed E-state index contributed by atoms with van der Waals surface area (Å²) in [5.74, 6) is -0.133. The van der Waals surface area contributed by atoms with E-state index >= 15 is 0 Å². The maximum atomic E-state index is 13.0. The van der Waals surface area contributed by atoms with Crippen molar-refractivity contribution in [2.75, 3.05) is 19.6 Å². The third-order valence-electron chi connectivity index (χ3n) is 5.24. The molecule has 6 nitrogen and oxygen atoms in total. The van der Waals surface area contributed by atoms with Crippen molar-refractivity contribution in [3.63, 3.8) is 0 Å². The molecule has 0 spiro atoms. The number of fused-ring (bicyclic) bond motifs is 1. The molecule has 1 aliphatic rings. The lowest BCUT2D eigenvalue weighted by Gasteiger charge is -2.38. The summed E-state index contributed by atoms with van der Waals surface area (Å²) in [5, 5.41) is 10.6. The molecule has 29 heavy (non-hydrogen) atoms. The Morgan fingerprint density at radius 1 is 1.10 bits per heavy atom. The zero-order chi connectivity index (χ0) is 20.5. The molecule has 0 unspecified atom stereocenters. The van der Waals surface area contributed by atoms with Crippen LogP contribution in [0.5, 0.6) is 0 Å². The van der Waals surface area contributed by atoms with Crippen LogP contribution in [-0.4, -0.2) is 57.6 Å². The first-order valence-electron chi connectivity index (χ1n) is 9.38. The number of carbonyl (C=O) groups is 2. The van der Waals surface area contributed by atoms with Crippen molar-refractivity contribution in [2.24, 2.45) is 0 Å². The van der Waals surface area contributed by atoms with Crippen molar-refractivity contribution in [3.05, 3.63) is 65.2 Å². The lowest BCUT2D eigenvalue weighted by molar-refractivity contribution is 0.0507. The predicted molar refractivity (Wildman–Crippen MR) is 112 cm³/mol. The van der Waals surface area contributed by atoms with Crippen LogP contribution in [0.4, 0.5) is 4.79 Å². The maximum absolute atomic E-state index is 13.0. The molecule has 2 aromatic carbocycles. The largest absolute Gasteiger partial charge is 0.465 e. The second-order valence-corrected chi connectivity index (χ2v) is 7.57. The zero-order valence-electron chi connectivity index (χ0n) is 15.9. The summed E-state index contributed by atoms with van der Waals surface area (Å²) < 4.78 is 0. The van der Waals surface area contributed by atoms with Crippen LogP contribution >= 0.6 is 11.6 Å². The van der Waals surface area contributed by atoms with E-state index in [0.29, 0.717) is 35.7 Å². The van der Waals surface area contributed by atoms with Crippen molar-refractivity contribution in [1.82, 2.24) is 14.8 Å². The standard InChI is InChI=1S/C22H20ClN3O3/c1-14-13-25(9-10-26(14)22(28)29)21(27)16-7-8-17-18(23)12-19(24-20(17)11-16)15-5-3-2-4-6-15/h2-8,11-12,14H,9-10,13H2,1H3,(H,28,29)/t14-/m0/s1. The van der Waals surface area contributed by atoms with Crippen molar-refractivity contribution in [1.29, 1.82) is 0 Å². The second-order valence-electron chi connectivity index (χ2n) is 7.16. The number of carboxylic acid groups (broad SMARTS) is 1. The molecule has 0 aliphatic carbocycles. The highest BCUT2D eigenvalue weighted by molar-refractivity contribution is 6.35. The Morgan fingerprint density at radius 3 is 2.55 bits per heavy atom. The van der Waals surface area contributed by atoms with E-state index < -0.39 is 6.09 Å². The normalized spacial score (nSPS) is 16.8. The van der Waals surface area contributed by atoms with Crippen LogP contribution in [0, 0.1) is 0 Å². The molecule has 148 valence electrons. The molecule has 0 saturated carbocycles. The number of pyridine rings is 1. The third kappa shape index (κ3) is 3.76. The summed E-state index contributed by atoms with van der Waals surface area (Å²) in [6.07, 6.45) is -0.956. The summed E-state index contributed by atoms with van der Waals surface area (Å²) >= 11 is 6.46. The van der Waals surface area contributed by atoms with Gasteiger partial charge in [0.25, 0.3) is 5.91 Å². The summed E-state index contributed by atoms with van der Waals surface area (Å²) in [4.78, 5) is 32.0. The Morgan fingerprint density at radius 2 is 1.86 bits per heavy atom. The van der Waals surface area contributed by atoms with Crippen LogP contribution in [0.1, 0.15) is 17.3 Å². The van der Waals surface area contributed by atoms with Gasteiger partial charge in [0.05, 0.1) is 16.2 Å². The molecule has 3 aromatic rings. The lowest BCUT2D eigenvalue weighted by Crippen LogP contribution is -2.55. The van der Waals surface area contributed by atoms with Crippen LogP contribution in [0.2, 0.25) is 5.02 Å². The lowest BCUT2D eigenvalue weighted by atomic mass is 10.1. The van der Waals surface area contributed by atoms with Crippen molar-refractivity contribution in [2.45, 2.75) is 13.0 Å². The molecule has 2 amide bonds. The molecule has 4 rings (SSSR count). The third-order valence-corrected chi connectivity index (χ3v) is 5.55. The molecule has 0 bridgehead atoms. The van der Waals surface area contributed by atoms with Gasteiger partial charge in [0.2, 0.25) is 0 Å². The van der Waals surface area contributed by atoms with Crippen LogP contribution < -0.4 is 0 Å². The van der Waals surface area contributed by atoms with E-state index in [1.807, 2.05) is 42.5 Å². The molecule has 1 N–H and O–H groups in total. The Labute approximate surface area is 173 Å². The van der Waals surface area contributed by atoms with E-state index in [4.69, 9.17) is 16.6 Å². The molecule has 2 heterocycles. The van der Waals surface area contributed by atoms with E-state index in [1.54, 1.807) is 24.0 Å². The number of hydrogen-bond donors (Lipinski definition) is 1. The van der Waals surface area contributed by atoms with Crippen LogP contribution in [0.25, 0.3) is 22.2 Å². The fourth-order valence-corrected chi connectivity index (χ4v) is 3.95. The highest BCUT2D eigenvalue weighted by Gasteiger charge is 2.30. The van der Waals surface area contributed by atoms with Gasteiger partial charge < -0.3 is 14.9 Å². The number of halogens is 1. The van der Waals surface area contributed by atoms with Crippen LogP contribution in [0.15, 0.2) is 54.6 Å². The molecular weight excluding hydrogens is 390 g/mol. The minimum atomic E-state index is -0.956. The molecule has 7 heteroatoms. The highest BCUT2D eigenvalue weighted by Crippen LogP contribution is 2.29. The fraction of sp³-hybridized carbons (Fsp3) is 0.227. The molecule has 1 fully saturated rings.